The summed E-state index contributed by atoms with van der Waals surface area (Å²) in [5, 5.41) is 18.9. The third-order valence-electron chi connectivity index (χ3n) is 4.86. The van der Waals surface area contributed by atoms with Gasteiger partial charge in [-0.3, -0.25) is 9.78 Å². The fourth-order valence-corrected chi connectivity index (χ4v) is 4.44. The Morgan fingerprint density at radius 3 is 2.79 bits per heavy atom. The SMILES string of the molecule is CN(Cc1cc2nccc(B(O)O)c2s1)C(=O)C1C(C=O)C1(C)C. The van der Waals surface area contributed by atoms with Crippen LogP contribution >= 0.6 is 11.3 Å². The Morgan fingerprint density at radius 2 is 2.21 bits per heavy atom. The van der Waals surface area contributed by atoms with Crippen LogP contribution < -0.4 is 5.46 Å². The number of amides is 1. The molecule has 2 aromatic heterocycles. The highest BCUT2D eigenvalue weighted by Crippen LogP contribution is 2.57. The number of rotatable bonds is 5. The smallest absolute Gasteiger partial charge is 0.423 e. The van der Waals surface area contributed by atoms with Crippen molar-refractivity contribution in [2.75, 3.05) is 7.05 Å². The Balaban J connectivity index is 1.79. The summed E-state index contributed by atoms with van der Waals surface area (Å²) in [4.78, 5) is 30.4. The molecule has 2 aromatic rings. The molecular weight excluding hydrogens is 327 g/mol. The molecular formula is C16H19BN2O4S. The number of pyridine rings is 1. The van der Waals surface area contributed by atoms with Gasteiger partial charge in [0.1, 0.15) is 6.29 Å². The lowest BCUT2D eigenvalue weighted by Crippen LogP contribution is -2.30. The summed E-state index contributed by atoms with van der Waals surface area (Å²) in [5.41, 5.74) is 0.816. The van der Waals surface area contributed by atoms with E-state index in [4.69, 9.17) is 0 Å². The minimum Gasteiger partial charge on any atom is -0.423 e. The van der Waals surface area contributed by atoms with Crippen molar-refractivity contribution >= 4 is 46.3 Å². The first-order valence-corrected chi connectivity index (χ1v) is 8.52. The highest BCUT2D eigenvalue weighted by atomic mass is 32.1. The highest BCUT2D eigenvalue weighted by Gasteiger charge is 2.62. The van der Waals surface area contributed by atoms with Gasteiger partial charge in [-0.2, -0.15) is 0 Å². The first-order chi connectivity index (χ1) is 11.3. The van der Waals surface area contributed by atoms with Crippen LogP contribution in [0.25, 0.3) is 10.2 Å². The van der Waals surface area contributed by atoms with Crippen LogP contribution in [0.4, 0.5) is 0 Å². The van der Waals surface area contributed by atoms with Gasteiger partial charge in [-0.05, 0) is 17.5 Å². The van der Waals surface area contributed by atoms with Crippen molar-refractivity contribution in [1.82, 2.24) is 9.88 Å². The van der Waals surface area contributed by atoms with Crippen molar-refractivity contribution in [3.05, 3.63) is 23.2 Å². The normalized spacial score (nSPS) is 21.5. The first-order valence-electron chi connectivity index (χ1n) is 7.71. The molecule has 1 saturated carbocycles. The van der Waals surface area contributed by atoms with E-state index in [0.717, 1.165) is 11.2 Å². The number of carbonyl (C=O) groups excluding carboxylic acids is 2. The maximum absolute atomic E-state index is 12.6. The number of thiophene rings is 1. The van der Waals surface area contributed by atoms with E-state index in [9.17, 15) is 19.6 Å². The van der Waals surface area contributed by atoms with Crippen molar-refractivity contribution in [3.63, 3.8) is 0 Å². The van der Waals surface area contributed by atoms with Crippen LogP contribution in [0.15, 0.2) is 18.3 Å². The number of fused-ring (bicyclic) bond motifs is 1. The van der Waals surface area contributed by atoms with Gasteiger partial charge in [0.15, 0.2) is 0 Å². The van der Waals surface area contributed by atoms with Crippen LogP contribution in [0, 0.1) is 17.3 Å². The number of hydrogen-bond acceptors (Lipinski definition) is 6. The topological polar surface area (TPSA) is 90.7 Å². The van der Waals surface area contributed by atoms with E-state index in [0.29, 0.717) is 22.2 Å². The Bertz CT molecular complexity index is 804. The lowest BCUT2D eigenvalue weighted by Gasteiger charge is -2.17. The second-order valence-corrected chi connectivity index (χ2v) is 7.99. The molecule has 2 N–H and O–H groups in total. The fraction of sp³-hybridized carbons (Fsp3) is 0.438. The maximum Gasteiger partial charge on any atom is 0.490 e. The van der Waals surface area contributed by atoms with E-state index in [1.54, 1.807) is 18.0 Å². The number of aromatic nitrogens is 1. The zero-order valence-electron chi connectivity index (χ0n) is 13.8. The summed E-state index contributed by atoms with van der Waals surface area (Å²) in [5.74, 6) is -0.514. The van der Waals surface area contributed by atoms with Gasteiger partial charge < -0.3 is 19.7 Å². The zero-order chi connectivity index (χ0) is 17.6. The van der Waals surface area contributed by atoms with Gasteiger partial charge in [-0.1, -0.05) is 13.8 Å². The third kappa shape index (κ3) is 2.74. The van der Waals surface area contributed by atoms with Gasteiger partial charge in [-0.15, -0.1) is 11.3 Å². The molecule has 3 rings (SSSR count). The van der Waals surface area contributed by atoms with E-state index >= 15 is 0 Å². The average Bonchev–Trinajstić information content (AvgIpc) is 2.87. The lowest BCUT2D eigenvalue weighted by molar-refractivity contribution is -0.133. The van der Waals surface area contributed by atoms with Crippen LogP contribution in [-0.4, -0.2) is 46.3 Å². The van der Waals surface area contributed by atoms with Crippen LogP contribution in [0.5, 0.6) is 0 Å². The standard InChI is InChI=1S/C16H19BN2O4S/c1-16(2)10(8-20)13(16)15(21)19(3)7-9-6-12-14(24-9)11(17(22)23)4-5-18-12/h4-6,8,10,13,22-23H,7H2,1-3H3. The molecule has 6 nitrogen and oxygen atoms in total. The number of hydrogen-bond donors (Lipinski definition) is 2. The maximum atomic E-state index is 12.6. The third-order valence-corrected chi connectivity index (χ3v) is 6.02. The predicted molar refractivity (Wildman–Crippen MR) is 92.7 cm³/mol. The number of nitrogens with zero attached hydrogens (tertiary/aromatic N) is 2. The summed E-state index contributed by atoms with van der Waals surface area (Å²) in [6.45, 7) is 4.26. The second kappa shape index (κ2) is 5.95. The minimum atomic E-state index is -1.55. The predicted octanol–water partition coefficient (Wildman–Crippen LogP) is 0.406. The van der Waals surface area contributed by atoms with E-state index < -0.39 is 7.12 Å². The summed E-state index contributed by atoms with van der Waals surface area (Å²) >= 11 is 1.39. The molecule has 2 heterocycles. The molecule has 8 heteroatoms. The van der Waals surface area contributed by atoms with Crippen molar-refractivity contribution in [1.29, 1.82) is 0 Å². The van der Waals surface area contributed by atoms with Crippen LogP contribution in [-0.2, 0) is 16.1 Å². The van der Waals surface area contributed by atoms with E-state index in [-0.39, 0.29) is 23.2 Å². The van der Waals surface area contributed by atoms with Crippen molar-refractivity contribution in [2.24, 2.45) is 17.3 Å². The largest absolute Gasteiger partial charge is 0.490 e. The van der Waals surface area contributed by atoms with Gasteiger partial charge in [0, 0.05) is 29.5 Å². The Labute approximate surface area is 144 Å². The van der Waals surface area contributed by atoms with Crippen LogP contribution in [0.1, 0.15) is 18.7 Å². The van der Waals surface area contributed by atoms with Gasteiger partial charge in [0.2, 0.25) is 5.91 Å². The Hall–Kier alpha value is -1.77. The van der Waals surface area contributed by atoms with Gasteiger partial charge in [0.25, 0.3) is 0 Å². The monoisotopic (exact) mass is 346 g/mol. The fourth-order valence-electron chi connectivity index (χ4n) is 3.24. The van der Waals surface area contributed by atoms with Gasteiger partial charge in [-0.25, -0.2) is 0 Å². The zero-order valence-corrected chi connectivity index (χ0v) is 14.6. The molecule has 2 atom stereocenters. The molecule has 2 unspecified atom stereocenters. The Kier molecular flexibility index (Phi) is 4.23. The van der Waals surface area contributed by atoms with Crippen LogP contribution in [0.2, 0.25) is 0 Å². The molecule has 126 valence electrons. The molecule has 0 bridgehead atoms. The molecule has 0 aromatic carbocycles. The number of carbonyl (C=O) groups is 2. The molecule has 1 amide bonds. The summed E-state index contributed by atoms with van der Waals surface area (Å²) < 4.78 is 0.709. The lowest BCUT2D eigenvalue weighted by atomic mass is 9.81. The second-order valence-electron chi connectivity index (χ2n) is 6.86. The molecule has 1 aliphatic carbocycles. The highest BCUT2D eigenvalue weighted by molar-refractivity contribution is 7.20. The minimum absolute atomic E-state index is 0.0371. The summed E-state index contributed by atoms with van der Waals surface area (Å²) in [7, 11) is 0.167. The molecule has 1 aliphatic rings. The van der Waals surface area contributed by atoms with E-state index in [2.05, 4.69) is 4.98 Å². The summed E-state index contributed by atoms with van der Waals surface area (Å²) in [6, 6.07) is 3.43. The molecule has 1 fully saturated rings. The summed E-state index contributed by atoms with van der Waals surface area (Å²) in [6.07, 6.45) is 2.40. The van der Waals surface area contributed by atoms with E-state index in [1.807, 2.05) is 19.9 Å². The molecule has 0 saturated heterocycles. The van der Waals surface area contributed by atoms with Gasteiger partial charge in [0.05, 0.1) is 22.7 Å². The molecule has 0 radical (unpaired) electrons. The Morgan fingerprint density at radius 1 is 1.50 bits per heavy atom. The molecule has 0 spiro atoms. The van der Waals surface area contributed by atoms with Crippen molar-refractivity contribution < 1.29 is 19.6 Å². The van der Waals surface area contributed by atoms with Crippen molar-refractivity contribution in [2.45, 2.75) is 20.4 Å². The van der Waals surface area contributed by atoms with Gasteiger partial charge >= 0.3 is 7.12 Å². The van der Waals surface area contributed by atoms with Crippen molar-refractivity contribution in [3.8, 4) is 0 Å². The van der Waals surface area contributed by atoms with Crippen LogP contribution in [0.3, 0.4) is 0 Å². The van der Waals surface area contributed by atoms with E-state index in [1.165, 1.54) is 17.5 Å². The molecule has 24 heavy (non-hydrogen) atoms. The number of aldehydes is 1. The first kappa shape index (κ1) is 17.1. The average molecular weight is 346 g/mol. The quantitative estimate of drug-likeness (QED) is 0.604. The molecule has 0 aliphatic heterocycles.